The molecule has 0 aliphatic rings. The van der Waals surface area contributed by atoms with E-state index < -0.39 is 4.92 Å². The number of non-ortho nitro benzene ring substituents is 1. The van der Waals surface area contributed by atoms with Crippen LogP contribution in [0.1, 0.15) is 37.0 Å². The molecule has 0 unspecified atom stereocenters. The number of hydrogen-bond acceptors (Lipinski definition) is 3. The van der Waals surface area contributed by atoms with Crippen molar-refractivity contribution in [1.82, 2.24) is 4.90 Å². The van der Waals surface area contributed by atoms with Crippen molar-refractivity contribution in [2.45, 2.75) is 26.7 Å². The fraction of sp³-hybridized carbons (Fsp3) is 0.462. The van der Waals surface area contributed by atoms with Crippen LogP contribution in [0.4, 0.5) is 5.69 Å². The van der Waals surface area contributed by atoms with E-state index in [1.54, 1.807) is 11.0 Å². The first kappa shape index (κ1) is 15.9. The van der Waals surface area contributed by atoms with Crippen molar-refractivity contribution in [3.05, 3.63) is 37.4 Å². The van der Waals surface area contributed by atoms with Crippen molar-refractivity contribution in [2.75, 3.05) is 13.1 Å². The summed E-state index contributed by atoms with van der Waals surface area (Å²) in [4.78, 5) is 24.5. The van der Waals surface area contributed by atoms with Crippen molar-refractivity contribution in [3.8, 4) is 0 Å². The highest BCUT2D eigenvalue weighted by Crippen LogP contribution is 2.21. The Morgan fingerprint density at radius 2 is 1.89 bits per heavy atom. The average Bonchev–Trinajstić information content (AvgIpc) is 2.38. The predicted molar refractivity (Wildman–Crippen MR) is 82.3 cm³/mol. The van der Waals surface area contributed by atoms with Gasteiger partial charge in [0, 0.05) is 28.8 Å². The van der Waals surface area contributed by atoms with E-state index in [1.807, 2.05) is 36.4 Å². The van der Waals surface area contributed by atoms with Gasteiger partial charge in [-0.15, -0.1) is 0 Å². The summed E-state index contributed by atoms with van der Waals surface area (Å²) in [6, 6.07) is 4.40. The molecule has 0 atom stereocenters. The lowest BCUT2D eigenvalue weighted by Crippen LogP contribution is -2.33. The Labute approximate surface area is 126 Å². The minimum absolute atomic E-state index is 0.0447. The van der Waals surface area contributed by atoms with Gasteiger partial charge in [0.2, 0.25) is 0 Å². The SMILES string of the molecule is CCCN(CCC)C(=O)c1cc([N+](=O)[O-])ccc1I. The van der Waals surface area contributed by atoms with Crippen LogP contribution in [-0.4, -0.2) is 28.8 Å². The Balaban J connectivity index is 3.08. The minimum Gasteiger partial charge on any atom is -0.339 e. The number of nitro groups is 1. The largest absolute Gasteiger partial charge is 0.339 e. The van der Waals surface area contributed by atoms with Crippen molar-refractivity contribution < 1.29 is 9.72 Å². The van der Waals surface area contributed by atoms with Gasteiger partial charge in [0.25, 0.3) is 11.6 Å². The molecule has 19 heavy (non-hydrogen) atoms. The van der Waals surface area contributed by atoms with Crippen LogP contribution >= 0.6 is 22.6 Å². The molecule has 0 fully saturated rings. The molecular weight excluding hydrogens is 359 g/mol. The maximum Gasteiger partial charge on any atom is 0.270 e. The molecule has 0 aromatic heterocycles. The maximum atomic E-state index is 12.4. The molecule has 1 aromatic carbocycles. The highest BCUT2D eigenvalue weighted by molar-refractivity contribution is 14.1. The van der Waals surface area contributed by atoms with Gasteiger partial charge in [0.1, 0.15) is 0 Å². The van der Waals surface area contributed by atoms with E-state index in [2.05, 4.69) is 0 Å². The van der Waals surface area contributed by atoms with Gasteiger partial charge in [-0.2, -0.15) is 0 Å². The summed E-state index contributed by atoms with van der Waals surface area (Å²) < 4.78 is 0.741. The second-order valence-electron chi connectivity index (χ2n) is 4.21. The number of rotatable bonds is 6. The van der Waals surface area contributed by atoms with E-state index in [-0.39, 0.29) is 11.6 Å². The van der Waals surface area contributed by atoms with Gasteiger partial charge < -0.3 is 4.90 Å². The number of hydrogen-bond donors (Lipinski definition) is 0. The molecule has 5 nitrogen and oxygen atoms in total. The van der Waals surface area contributed by atoms with Gasteiger partial charge in [0.15, 0.2) is 0 Å². The molecule has 0 saturated heterocycles. The van der Waals surface area contributed by atoms with E-state index >= 15 is 0 Å². The highest BCUT2D eigenvalue weighted by atomic mass is 127. The Kier molecular flexibility index (Phi) is 6.20. The van der Waals surface area contributed by atoms with Crippen LogP contribution in [0.2, 0.25) is 0 Å². The fourth-order valence-corrected chi connectivity index (χ4v) is 2.38. The van der Waals surface area contributed by atoms with Crippen LogP contribution in [-0.2, 0) is 0 Å². The first-order valence-electron chi connectivity index (χ1n) is 6.24. The second kappa shape index (κ2) is 7.42. The van der Waals surface area contributed by atoms with Crippen LogP contribution < -0.4 is 0 Å². The standard InChI is InChI=1S/C13H17IN2O3/c1-3-7-15(8-4-2)13(17)11-9-10(16(18)19)5-6-12(11)14/h5-6,9H,3-4,7-8H2,1-2H3. The zero-order valence-corrected chi connectivity index (χ0v) is 13.2. The van der Waals surface area contributed by atoms with Gasteiger partial charge >= 0.3 is 0 Å². The number of carbonyl (C=O) groups is 1. The van der Waals surface area contributed by atoms with Crippen LogP contribution in [0.3, 0.4) is 0 Å². The molecule has 0 radical (unpaired) electrons. The third-order valence-corrected chi connectivity index (χ3v) is 3.61. The Morgan fingerprint density at radius 3 is 2.37 bits per heavy atom. The summed E-state index contributed by atoms with van der Waals surface area (Å²) >= 11 is 2.04. The number of carbonyl (C=O) groups excluding carboxylic acids is 1. The van der Waals surface area contributed by atoms with Crippen LogP contribution in [0, 0.1) is 13.7 Å². The number of halogens is 1. The van der Waals surface area contributed by atoms with E-state index in [1.165, 1.54) is 12.1 Å². The van der Waals surface area contributed by atoms with E-state index in [0.29, 0.717) is 18.7 Å². The zero-order chi connectivity index (χ0) is 14.4. The average molecular weight is 376 g/mol. The molecule has 0 N–H and O–H groups in total. The molecule has 0 bridgehead atoms. The summed E-state index contributed by atoms with van der Waals surface area (Å²) in [5.41, 5.74) is 0.369. The van der Waals surface area contributed by atoms with Gasteiger partial charge in [-0.1, -0.05) is 13.8 Å². The summed E-state index contributed by atoms with van der Waals surface area (Å²) in [5.74, 6) is -0.128. The topological polar surface area (TPSA) is 63.5 Å². The third-order valence-electron chi connectivity index (χ3n) is 2.67. The number of benzene rings is 1. The van der Waals surface area contributed by atoms with Gasteiger partial charge in [0.05, 0.1) is 10.5 Å². The van der Waals surface area contributed by atoms with E-state index in [9.17, 15) is 14.9 Å². The zero-order valence-electron chi connectivity index (χ0n) is 11.1. The predicted octanol–water partition coefficient (Wildman–Crippen LogP) is 3.46. The molecule has 1 rings (SSSR count). The summed E-state index contributed by atoms with van der Waals surface area (Å²) in [6.07, 6.45) is 1.74. The monoisotopic (exact) mass is 376 g/mol. The quantitative estimate of drug-likeness (QED) is 0.434. The van der Waals surface area contributed by atoms with E-state index in [0.717, 1.165) is 16.4 Å². The molecule has 0 spiro atoms. The first-order valence-corrected chi connectivity index (χ1v) is 7.32. The normalized spacial score (nSPS) is 10.3. The lowest BCUT2D eigenvalue weighted by atomic mass is 10.1. The molecule has 104 valence electrons. The van der Waals surface area contributed by atoms with Crippen molar-refractivity contribution >= 4 is 34.2 Å². The number of nitrogens with zero attached hydrogens (tertiary/aromatic N) is 2. The molecule has 1 aromatic rings. The lowest BCUT2D eigenvalue weighted by molar-refractivity contribution is -0.384. The molecule has 0 aliphatic heterocycles. The summed E-state index contributed by atoms with van der Waals surface area (Å²) in [7, 11) is 0. The maximum absolute atomic E-state index is 12.4. The fourth-order valence-electron chi connectivity index (χ4n) is 1.82. The molecule has 0 heterocycles. The Morgan fingerprint density at radius 1 is 1.32 bits per heavy atom. The van der Waals surface area contributed by atoms with E-state index in [4.69, 9.17) is 0 Å². The highest BCUT2D eigenvalue weighted by Gasteiger charge is 2.20. The third kappa shape index (κ3) is 4.15. The van der Waals surface area contributed by atoms with Crippen molar-refractivity contribution in [2.24, 2.45) is 0 Å². The van der Waals surface area contributed by atoms with Crippen LogP contribution in [0.5, 0.6) is 0 Å². The van der Waals surface area contributed by atoms with Crippen LogP contribution in [0.15, 0.2) is 18.2 Å². The molecule has 0 saturated carbocycles. The van der Waals surface area contributed by atoms with Gasteiger partial charge in [-0.25, -0.2) is 0 Å². The van der Waals surface area contributed by atoms with Gasteiger partial charge in [-0.3, -0.25) is 14.9 Å². The minimum atomic E-state index is -0.475. The Bertz CT molecular complexity index is 471. The van der Waals surface area contributed by atoms with Crippen molar-refractivity contribution in [1.29, 1.82) is 0 Å². The molecule has 0 aliphatic carbocycles. The summed E-state index contributed by atoms with van der Waals surface area (Å²) in [6.45, 7) is 5.36. The number of nitro benzene ring substituents is 1. The van der Waals surface area contributed by atoms with Crippen molar-refractivity contribution in [3.63, 3.8) is 0 Å². The van der Waals surface area contributed by atoms with Crippen LogP contribution in [0.25, 0.3) is 0 Å². The smallest absolute Gasteiger partial charge is 0.270 e. The lowest BCUT2D eigenvalue weighted by Gasteiger charge is -2.22. The summed E-state index contributed by atoms with van der Waals surface area (Å²) in [5, 5.41) is 10.8. The van der Waals surface area contributed by atoms with Gasteiger partial charge in [-0.05, 0) is 41.5 Å². The molecular formula is C13H17IN2O3. The second-order valence-corrected chi connectivity index (χ2v) is 5.38. The Hall–Kier alpha value is -1.18. The molecule has 6 heteroatoms. The number of amides is 1. The first-order chi connectivity index (χ1) is 9.01. The molecule has 1 amide bonds.